The number of aldehydes is 1. The van der Waals surface area contributed by atoms with Gasteiger partial charge >= 0.3 is 0 Å². The van der Waals surface area contributed by atoms with Crippen molar-refractivity contribution in [2.75, 3.05) is 19.7 Å². The molecule has 1 saturated heterocycles. The number of rotatable bonds is 6. The molecule has 2 aliphatic rings. The molecule has 138 valence electrons. The Kier molecular flexibility index (Phi) is 4.31. The Bertz CT molecular complexity index is 819. The van der Waals surface area contributed by atoms with E-state index < -0.39 is 5.82 Å². The number of benzene rings is 1. The minimum absolute atomic E-state index is 0.00110. The van der Waals surface area contributed by atoms with E-state index in [9.17, 15) is 9.18 Å². The molecule has 0 amide bonds. The number of aromatic nitrogens is 2. The Balaban J connectivity index is 1.59. The highest BCUT2D eigenvalue weighted by molar-refractivity contribution is 5.79. The summed E-state index contributed by atoms with van der Waals surface area (Å²) in [6, 6.07) is 6.93. The first kappa shape index (κ1) is 17.2. The molecule has 26 heavy (non-hydrogen) atoms. The number of ether oxygens (including phenoxy) is 1. The Morgan fingerprint density at radius 3 is 3.08 bits per heavy atom. The molecule has 0 bridgehead atoms. The van der Waals surface area contributed by atoms with Gasteiger partial charge in [0.15, 0.2) is 6.29 Å². The van der Waals surface area contributed by atoms with E-state index in [1.807, 2.05) is 6.20 Å². The number of fused-ring (bicyclic) bond motifs is 1. The van der Waals surface area contributed by atoms with Gasteiger partial charge in [-0.3, -0.25) is 9.48 Å². The van der Waals surface area contributed by atoms with E-state index in [0.29, 0.717) is 36.5 Å². The van der Waals surface area contributed by atoms with Crippen molar-refractivity contribution in [1.29, 1.82) is 0 Å². The second-order valence-corrected chi connectivity index (χ2v) is 7.62. The second kappa shape index (κ2) is 6.50. The van der Waals surface area contributed by atoms with Crippen molar-refractivity contribution in [2.24, 2.45) is 11.3 Å². The van der Waals surface area contributed by atoms with E-state index >= 15 is 0 Å². The molecule has 3 atom stereocenters. The Labute approximate surface area is 152 Å². The van der Waals surface area contributed by atoms with Crippen LogP contribution in [0.1, 0.15) is 48.3 Å². The summed E-state index contributed by atoms with van der Waals surface area (Å²) in [4.78, 5) is 11.2. The monoisotopic (exact) mass is 357 g/mol. The molecule has 0 radical (unpaired) electrons. The fraction of sp³-hybridized carbons (Fsp3) is 0.500. The number of nitrogens with zero attached hydrogens (tertiary/aromatic N) is 2. The maximum Gasteiger partial charge on any atom is 0.156 e. The van der Waals surface area contributed by atoms with Crippen molar-refractivity contribution in [3.8, 4) is 5.75 Å². The van der Waals surface area contributed by atoms with Gasteiger partial charge in [-0.15, -0.1) is 0 Å². The molecule has 0 spiro atoms. The molecule has 1 aliphatic carbocycles. The standard InChI is InChI=1S/C20H24FN3O2/c1-13(2)24-17(6-8-23-24)19-15-10-22-9-7-20(15,19)12-26-18-5-3-4-16(21)14(18)11-25/h3-6,8,11,13,15,19,22H,7,9-10,12H2,1-2H3. The van der Waals surface area contributed by atoms with Crippen LogP contribution in [0.25, 0.3) is 0 Å². The van der Waals surface area contributed by atoms with Crippen LogP contribution in [0.4, 0.5) is 4.39 Å². The van der Waals surface area contributed by atoms with E-state index in [4.69, 9.17) is 4.74 Å². The molecule has 2 fully saturated rings. The molecule has 5 nitrogen and oxygen atoms in total. The third-order valence-electron chi connectivity index (χ3n) is 5.92. The molecule has 1 saturated carbocycles. The third kappa shape index (κ3) is 2.63. The van der Waals surface area contributed by atoms with E-state index in [0.717, 1.165) is 19.5 Å². The van der Waals surface area contributed by atoms with Crippen molar-refractivity contribution in [1.82, 2.24) is 15.1 Å². The maximum absolute atomic E-state index is 13.8. The summed E-state index contributed by atoms with van der Waals surface area (Å²) in [6.07, 6.45) is 3.39. The molecule has 6 heteroatoms. The third-order valence-corrected chi connectivity index (χ3v) is 5.92. The van der Waals surface area contributed by atoms with Crippen molar-refractivity contribution in [3.63, 3.8) is 0 Å². The van der Waals surface area contributed by atoms with E-state index in [-0.39, 0.29) is 11.0 Å². The number of carbonyl (C=O) groups excluding carboxylic acids is 1. The Hall–Kier alpha value is -2.21. The zero-order chi connectivity index (χ0) is 18.3. The van der Waals surface area contributed by atoms with Crippen LogP contribution < -0.4 is 10.1 Å². The second-order valence-electron chi connectivity index (χ2n) is 7.62. The van der Waals surface area contributed by atoms with Gasteiger partial charge in [-0.05, 0) is 57.5 Å². The number of hydrogen-bond donors (Lipinski definition) is 1. The molecule has 1 aromatic heterocycles. The lowest BCUT2D eigenvalue weighted by atomic mass is 9.95. The normalized spacial score (nSPS) is 27.2. The summed E-state index contributed by atoms with van der Waals surface area (Å²) in [5.41, 5.74) is 1.26. The number of carbonyl (C=O) groups is 1. The molecular weight excluding hydrogens is 333 g/mol. The highest BCUT2D eigenvalue weighted by atomic mass is 19.1. The van der Waals surface area contributed by atoms with Crippen LogP contribution in [0.3, 0.4) is 0 Å². The van der Waals surface area contributed by atoms with Gasteiger partial charge in [0.2, 0.25) is 0 Å². The maximum atomic E-state index is 13.8. The van der Waals surface area contributed by atoms with E-state index in [1.165, 1.54) is 11.8 Å². The van der Waals surface area contributed by atoms with E-state index in [1.54, 1.807) is 12.1 Å². The molecule has 4 rings (SSSR count). The molecule has 1 aromatic carbocycles. The first-order valence-corrected chi connectivity index (χ1v) is 9.19. The van der Waals surface area contributed by atoms with Crippen LogP contribution in [-0.2, 0) is 0 Å². The number of nitrogens with one attached hydrogen (secondary N) is 1. The molecule has 2 aromatic rings. The zero-order valence-corrected chi connectivity index (χ0v) is 15.1. The smallest absolute Gasteiger partial charge is 0.156 e. The van der Waals surface area contributed by atoms with Gasteiger partial charge in [0.25, 0.3) is 0 Å². The van der Waals surface area contributed by atoms with Gasteiger partial charge in [-0.25, -0.2) is 4.39 Å². The predicted octanol–water partition coefficient (Wildman–Crippen LogP) is 3.19. The fourth-order valence-electron chi connectivity index (χ4n) is 4.56. The Morgan fingerprint density at radius 2 is 2.31 bits per heavy atom. The quantitative estimate of drug-likeness (QED) is 0.807. The van der Waals surface area contributed by atoms with Crippen LogP contribution in [0.2, 0.25) is 0 Å². The molecule has 3 unspecified atom stereocenters. The lowest BCUT2D eigenvalue weighted by Crippen LogP contribution is -2.32. The van der Waals surface area contributed by atoms with Gasteiger partial charge in [0, 0.05) is 29.3 Å². The highest BCUT2D eigenvalue weighted by Crippen LogP contribution is 2.67. The van der Waals surface area contributed by atoms with Crippen LogP contribution in [0.5, 0.6) is 5.75 Å². The average molecular weight is 357 g/mol. The van der Waals surface area contributed by atoms with E-state index in [2.05, 4.69) is 35.0 Å². The van der Waals surface area contributed by atoms with Crippen LogP contribution in [-0.4, -0.2) is 35.8 Å². The highest BCUT2D eigenvalue weighted by Gasteiger charge is 2.66. The summed E-state index contributed by atoms with van der Waals surface area (Å²) in [5, 5.41) is 7.95. The topological polar surface area (TPSA) is 56.1 Å². The number of piperidine rings is 1. The van der Waals surface area contributed by atoms with Crippen LogP contribution in [0.15, 0.2) is 30.5 Å². The molecule has 1 N–H and O–H groups in total. The predicted molar refractivity (Wildman–Crippen MR) is 96.0 cm³/mol. The van der Waals surface area contributed by atoms with Gasteiger partial charge in [-0.2, -0.15) is 5.10 Å². The number of hydrogen-bond acceptors (Lipinski definition) is 4. The van der Waals surface area contributed by atoms with Gasteiger partial charge in [-0.1, -0.05) is 6.07 Å². The SMILES string of the molecule is CC(C)n1nccc1C1C2CNCCC21COc1cccc(F)c1C=O. The fourth-order valence-corrected chi connectivity index (χ4v) is 4.56. The summed E-state index contributed by atoms with van der Waals surface area (Å²) < 4.78 is 21.9. The van der Waals surface area contributed by atoms with Crippen molar-refractivity contribution < 1.29 is 13.9 Å². The molecule has 2 heterocycles. The summed E-state index contributed by atoms with van der Waals surface area (Å²) in [5.74, 6) is 0.631. The molecule has 1 aliphatic heterocycles. The minimum atomic E-state index is -0.540. The van der Waals surface area contributed by atoms with Crippen LogP contribution in [0, 0.1) is 17.2 Å². The van der Waals surface area contributed by atoms with Crippen molar-refractivity contribution in [3.05, 3.63) is 47.5 Å². The first-order chi connectivity index (χ1) is 12.6. The van der Waals surface area contributed by atoms with Crippen molar-refractivity contribution in [2.45, 2.75) is 32.2 Å². The van der Waals surface area contributed by atoms with Crippen LogP contribution >= 0.6 is 0 Å². The zero-order valence-electron chi connectivity index (χ0n) is 15.1. The minimum Gasteiger partial charge on any atom is -0.492 e. The first-order valence-electron chi connectivity index (χ1n) is 9.19. The number of halogens is 1. The lowest BCUT2D eigenvalue weighted by molar-refractivity contribution is 0.111. The summed E-state index contributed by atoms with van der Waals surface area (Å²) >= 11 is 0. The molecular formula is C20H24FN3O2. The summed E-state index contributed by atoms with van der Waals surface area (Å²) in [6.45, 7) is 6.63. The van der Waals surface area contributed by atoms with Gasteiger partial charge in [0.05, 0.1) is 12.2 Å². The summed E-state index contributed by atoms with van der Waals surface area (Å²) in [7, 11) is 0. The largest absolute Gasteiger partial charge is 0.492 e. The van der Waals surface area contributed by atoms with Gasteiger partial charge in [0.1, 0.15) is 11.6 Å². The average Bonchev–Trinajstić information content (AvgIpc) is 3.03. The Morgan fingerprint density at radius 1 is 1.46 bits per heavy atom. The lowest BCUT2D eigenvalue weighted by Gasteiger charge is -2.24. The van der Waals surface area contributed by atoms with Crippen molar-refractivity contribution >= 4 is 6.29 Å². The van der Waals surface area contributed by atoms with Gasteiger partial charge < -0.3 is 10.1 Å².